The van der Waals surface area contributed by atoms with Gasteiger partial charge >= 0.3 is 0 Å². The first kappa shape index (κ1) is 26.3. The largest absolute Gasteiger partial charge is 0.480 e. The Morgan fingerprint density at radius 2 is 1.82 bits per heavy atom. The van der Waals surface area contributed by atoms with Gasteiger partial charge in [-0.05, 0) is 54.5 Å². The van der Waals surface area contributed by atoms with Crippen molar-refractivity contribution >= 4 is 44.0 Å². The van der Waals surface area contributed by atoms with E-state index in [1.807, 2.05) is 6.07 Å². The van der Waals surface area contributed by atoms with Gasteiger partial charge in [0.2, 0.25) is 11.8 Å². The van der Waals surface area contributed by atoms with E-state index in [4.69, 9.17) is 10.5 Å². The van der Waals surface area contributed by atoms with Crippen molar-refractivity contribution in [1.82, 2.24) is 9.55 Å². The molecule has 0 unspecified atom stereocenters. The lowest BCUT2D eigenvalue weighted by Gasteiger charge is -2.12. The summed E-state index contributed by atoms with van der Waals surface area (Å²) in [6.45, 7) is 5.28. The number of sulfonamides is 1. The van der Waals surface area contributed by atoms with E-state index in [0.717, 1.165) is 6.07 Å². The second-order valence-corrected chi connectivity index (χ2v) is 9.84. The van der Waals surface area contributed by atoms with Crippen LogP contribution < -0.4 is 16.0 Å². The highest BCUT2D eigenvalue weighted by Crippen LogP contribution is 2.22. The first-order chi connectivity index (χ1) is 18.1. The molecule has 0 bridgehead atoms. The molecule has 0 aliphatic heterocycles. The van der Waals surface area contributed by atoms with Crippen molar-refractivity contribution in [1.29, 1.82) is 0 Å². The molecule has 0 saturated carbocycles. The molecule has 38 heavy (non-hydrogen) atoms. The number of allylic oxidation sites excluding steroid dienone is 1. The number of fused-ring (bicyclic) bond motifs is 1. The SMILES string of the molecule is C=C(C(=N/C=C(\C)c1ccc2nc(N)n(-c3ccccc3)c(=O)c2c1)OC)S(=O)(=O)Nc1ccccc1F. The number of hydrogen-bond acceptors (Lipinski definition) is 7. The van der Waals surface area contributed by atoms with Gasteiger partial charge < -0.3 is 10.5 Å². The molecule has 0 aliphatic carbocycles. The number of benzene rings is 3. The predicted octanol–water partition coefficient (Wildman–Crippen LogP) is 4.47. The summed E-state index contributed by atoms with van der Waals surface area (Å²) in [5.41, 5.74) is 7.73. The van der Waals surface area contributed by atoms with Gasteiger partial charge in [0.15, 0.2) is 0 Å². The number of halogens is 1. The Morgan fingerprint density at radius 1 is 1.13 bits per heavy atom. The second-order valence-electron chi connectivity index (χ2n) is 8.14. The number of nitrogens with one attached hydrogen (secondary N) is 1. The van der Waals surface area contributed by atoms with Gasteiger partial charge in [0.1, 0.15) is 10.7 Å². The Morgan fingerprint density at radius 3 is 2.50 bits per heavy atom. The number of aliphatic imine (C=N–C) groups is 1. The van der Waals surface area contributed by atoms with Crippen molar-refractivity contribution in [3.05, 3.63) is 112 Å². The first-order valence-corrected chi connectivity index (χ1v) is 12.7. The van der Waals surface area contributed by atoms with Crippen LogP contribution in [0.1, 0.15) is 12.5 Å². The Bertz CT molecular complexity index is 1760. The molecular weight excluding hydrogens is 509 g/mol. The Kier molecular flexibility index (Phi) is 7.40. The smallest absolute Gasteiger partial charge is 0.267 e. The van der Waals surface area contributed by atoms with E-state index in [-0.39, 0.29) is 23.1 Å². The Labute approximate surface area is 218 Å². The van der Waals surface area contributed by atoms with Crippen molar-refractivity contribution in [3.63, 3.8) is 0 Å². The van der Waals surface area contributed by atoms with Crippen LogP contribution in [0.25, 0.3) is 22.2 Å². The zero-order chi connectivity index (χ0) is 27.4. The summed E-state index contributed by atoms with van der Waals surface area (Å²) in [7, 11) is -3.02. The molecule has 3 aromatic carbocycles. The lowest BCUT2D eigenvalue weighted by Crippen LogP contribution is -2.23. The van der Waals surface area contributed by atoms with Crippen LogP contribution in [0.15, 0.2) is 100 Å². The highest BCUT2D eigenvalue weighted by Gasteiger charge is 2.23. The minimum atomic E-state index is -4.26. The molecule has 1 heterocycles. The molecule has 0 amide bonds. The van der Waals surface area contributed by atoms with Gasteiger partial charge in [-0.3, -0.25) is 9.52 Å². The van der Waals surface area contributed by atoms with E-state index in [1.54, 1.807) is 49.4 Å². The van der Waals surface area contributed by atoms with Crippen LogP contribution in [0, 0.1) is 5.82 Å². The molecule has 194 valence electrons. The monoisotopic (exact) mass is 533 g/mol. The number of nitrogens with zero attached hydrogens (tertiary/aromatic N) is 3. The molecule has 11 heteroatoms. The lowest BCUT2D eigenvalue weighted by atomic mass is 10.1. The van der Waals surface area contributed by atoms with E-state index in [1.165, 1.54) is 36.1 Å². The lowest BCUT2D eigenvalue weighted by molar-refractivity contribution is 0.405. The summed E-state index contributed by atoms with van der Waals surface area (Å²) in [6, 6.07) is 19.3. The second kappa shape index (κ2) is 10.7. The van der Waals surface area contributed by atoms with Crippen molar-refractivity contribution in [2.24, 2.45) is 4.99 Å². The average Bonchev–Trinajstić information content (AvgIpc) is 2.90. The normalized spacial score (nSPS) is 12.4. The summed E-state index contributed by atoms with van der Waals surface area (Å²) in [5, 5.41) is 0.338. The van der Waals surface area contributed by atoms with E-state index < -0.39 is 20.7 Å². The summed E-state index contributed by atoms with van der Waals surface area (Å²) < 4.78 is 47.9. The van der Waals surface area contributed by atoms with Crippen LogP contribution in [0.5, 0.6) is 0 Å². The third-order valence-electron chi connectivity index (χ3n) is 5.61. The van der Waals surface area contributed by atoms with Crippen molar-refractivity contribution in [3.8, 4) is 5.69 Å². The minimum Gasteiger partial charge on any atom is -0.480 e. The number of para-hydroxylation sites is 2. The van der Waals surface area contributed by atoms with Gasteiger partial charge in [-0.25, -0.2) is 27.4 Å². The fourth-order valence-corrected chi connectivity index (χ4v) is 4.55. The molecule has 0 spiro atoms. The van der Waals surface area contributed by atoms with E-state index >= 15 is 0 Å². The topological polar surface area (TPSA) is 129 Å². The van der Waals surface area contributed by atoms with Gasteiger partial charge in [-0.2, -0.15) is 0 Å². The summed E-state index contributed by atoms with van der Waals surface area (Å²) in [5.74, 6) is -0.976. The van der Waals surface area contributed by atoms with Gasteiger partial charge in [-0.15, -0.1) is 0 Å². The summed E-state index contributed by atoms with van der Waals surface area (Å²) in [6.07, 6.45) is 1.38. The van der Waals surface area contributed by atoms with E-state index in [9.17, 15) is 17.6 Å². The maximum atomic E-state index is 13.9. The maximum Gasteiger partial charge on any atom is 0.267 e. The molecule has 4 rings (SSSR count). The number of aromatic nitrogens is 2. The minimum absolute atomic E-state index is 0.0618. The van der Waals surface area contributed by atoms with Crippen LogP contribution in [-0.2, 0) is 14.8 Å². The highest BCUT2D eigenvalue weighted by atomic mass is 32.2. The molecule has 0 fully saturated rings. The predicted molar refractivity (Wildman–Crippen MR) is 148 cm³/mol. The number of nitrogens with two attached hydrogens (primary N) is 1. The zero-order valence-corrected chi connectivity index (χ0v) is 21.4. The van der Waals surface area contributed by atoms with Crippen molar-refractivity contribution in [2.75, 3.05) is 17.6 Å². The molecule has 0 atom stereocenters. The number of nitrogen functional groups attached to an aromatic ring is 1. The highest BCUT2D eigenvalue weighted by molar-refractivity contribution is 7.97. The van der Waals surface area contributed by atoms with Crippen LogP contribution in [0.4, 0.5) is 16.0 Å². The summed E-state index contributed by atoms with van der Waals surface area (Å²) in [4.78, 5) is 21.3. The quantitative estimate of drug-likeness (QED) is 0.266. The van der Waals surface area contributed by atoms with Crippen LogP contribution in [0.2, 0.25) is 0 Å². The number of hydrogen-bond donors (Lipinski definition) is 2. The number of ether oxygens (including phenoxy) is 1. The number of rotatable bonds is 7. The maximum absolute atomic E-state index is 13.9. The zero-order valence-electron chi connectivity index (χ0n) is 20.6. The standard InChI is InChI=1S/C27H24FN5O4S/c1-17(16-30-25(37-3)18(2)38(35,36)32-24-12-8-7-11-22(24)28)19-13-14-23-21(15-19)26(34)33(27(29)31-23)20-9-5-4-6-10-20/h4-16,32H,2H2,1,3H3,(H2,29,31)/b17-16+,30-25?. The number of anilines is 2. The Hall–Kier alpha value is -4.77. The molecule has 4 aromatic rings. The summed E-state index contributed by atoms with van der Waals surface area (Å²) >= 11 is 0. The fraction of sp³-hybridized carbons (Fsp3) is 0.0741. The average molecular weight is 534 g/mol. The first-order valence-electron chi connectivity index (χ1n) is 11.3. The number of methoxy groups -OCH3 is 1. The van der Waals surface area contributed by atoms with Crippen molar-refractivity contribution in [2.45, 2.75) is 6.92 Å². The third-order valence-corrected chi connectivity index (χ3v) is 6.93. The van der Waals surface area contributed by atoms with Crippen LogP contribution >= 0.6 is 0 Å². The Balaban J connectivity index is 1.67. The van der Waals surface area contributed by atoms with Gasteiger partial charge in [0.25, 0.3) is 15.6 Å². The molecule has 9 nitrogen and oxygen atoms in total. The fourth-order valence-electron chi connectivity index (χ4n) is 3.61. The van der Waals surface area contributed by atoms with Gasteiger partial charge in [0.05, 0.1) is 29.4 Å². The molecule has 3 N–H and O–H groups in total. The molecular formula is C27H24FN5O4S. The van der Waals surface area contributed by atoms with E-state index in [2.05, 4.69) is 21.3 Å². The van der Waals surface area contributed by atoms with Gasteiger partial charge in [0, 0.05) is 6.20 Å². The molecule has 1 aromatic heterocycles. The van der Waals surface area contributed by atoms with Crippen LogP contribution in [-0.4, -0.2) is 31.0 Å². The third kappa shape index (κ3) is 5.32. The van der Waals surface area contributed by atoms with E-state index in [0.29, 0.717) is 27.7 Å². The molecule has 0 saturated heterocycles. The van der Waals surface area contributed by atoms with Gasteiger partial charge in [-0.1, -0.05) is 43.0 Å². The van der Waals surface area contributed by atoms with Crippen molar-refractivity contribution < 1.29 is 17.5 Å². The molecule has 0 aliphatic rings. The van der Waals surface area contributed by atoms with Crippen LogP contribution in [0.3, 0.4) is 0 Å². The molecule has 0 radical (unpaired) electrons.